The van der Waals surface area contributed by atoms with Crippen LogP contribution in [0.3, 0.4) is 0 Å². The summed E-state index contributed by atoms with van der Waals surface area (Å²) in [5.74, 6) is 2.21. The third-order valence-corrected chi connectivity index (χ3v) is 6.45. The van der Waals surface area contributed by atoms with E-state index < -0.39 is 12.8 Å². The quantitative estimate of drug-likeness (QED) is 0.762. The fourth-order valence-corrected chi connectivity index (χ4v) is 6.03. The van der Waals surface area contributed by atoms with Crippen molar-refractivity contribution in [2.75, 3.05) is 20.2 Å². The molecule has 0 aliphatic heterocycles. The van der Waals surface area contributed by atoms with E-state index in [1.807, 2.05) is 7.05 Å². The molecule has 148 valence electrons. The number of carbonyl (C=O) groups is 1. The first-order valence-electron chi connectivity index (χ1n) is 9.62. The van der Waals surface area contributed by atoms with Crippen molar-refractivity contribution in [3.05, 3.63) is 23.9 Å². The summed E-state index contributed by atoms with van der Waals surface area (Å²) in [5.41, 5.74) is 0.629. The first kappa shape index (κ1) is 18.6. The smallest absolute Gasteiger partial charge is 0.422 e. The van der Waals surface area contributed by atoms with E-state index in [1.54, 1.807) is 4.90 Å². The third-order valence-electron chi connectivity index (χ3n) is 6.45. The number of ether oxygens (including phenoxy) is 1. The maximum Gasteiger partial charge on any atom is 0.422 e. The molecule has 0 atom stereocenters. The number of carbonyl (C=O) groups excluding carboxylic acids is 1. The summed E-state index contributed by atoms with van der Waals surface area (Å²) in [6, 6.07) is 2.80. The summed E-state index contributed by atoms with van der Waals surface area (Å²) >= 11 is 0. The van der Waals surface area contributed by atoms with Crippen molar-refractivity contribution in [2.24, 2.45) is 23.2 Å². The number of alkyl halides is 3. The van der Waals surface area contributed by atoms with Gasteiger partial charge < -0.3 is 9.64 Å². The Bertz CT molecular complexity index is 667. The summed E-state index contributed by atoms with van der Waals surface area (Å²) < 4.78 is 41.2. The largest absolute Gasteiger partial charge is 0.468 e. The van der Waals surface area contributed by atoms with E-state index in [-0.39, 0.29) is 17.2 Å². The van der Waals surface area contributed by atoms with Gasteiger partial charge in [-0.05, 0) is 67.8 Å². The Morgan fingerprint density at radius 1 is 1.19 bits per heavy atom. The minimum atomic E-state index is -4.41. The van der Waals surface area contributed by atoms with Crippen LogP contribution in [0.4, 0.5) is 13.2 Å². The highest BCUT2D eigenvalue weighted by molar-refractivity contribution is 5.93. The predicted molar refractivity (Wildman–Crippen MR) is 93.4 cm³/mol. The SMILES string of the molecule is CN(CC12CC3CC(CC(C3)C1)C2)C(=O)c1ccc(OCC(F)(F)F)nc1. The zero-order valence-electron chi connectivity index (χ0n) is 15.5. The lowest BCUT2D eigenvalue weighted by Crippen LogP contribution is -2.51. The Balaban J connectivity index is 1.38. The fourth-order valence-electron chi connectivity index (χ4n) is 6.03. The van der Waals surface area contributed by atoms with Crippen LogP contribution in [0.2, 0.25) is 0 Å². The maximum absolute atomic E-state index is 12.8. The molecule has 0 radical (unpaired) electrons. The number of amides is 1. The van der Waals surface area contributed by atoms with Crippen LogP contribution in [0.25, 0.3) is 0 Å². The molecule has 4 aliphatic carbocycles. The van der Waals surface area contributed by atoms with Crippen molar-refractivity contribution in [3.63, 3.8) is 0 Å². The van der Waals surface area contributed by atoms with Gasteiger partial charge in [0.2, 0.25) is 5.88 Å². The third kappa shape index (κ3) is 4.06. The lowest BCUT2D eigenvalue weighted by molar-refractivity contribution is -0.154. The first-order chi connectivity index (χ1) is 12.7. The van der Waals surface area contributed by atoms with E-state index in [9.17, 15) is 18.0 Å². The molecule has 4 nitrogen and oxygen atoms in total. The molecule has 4 bridgehead atoms. The monoisotopic (exact) mass is 382 g/mol. The predicted octanol–water partition coefficient (Wildman–Crippen LogP) is 4.31. The highest BCUT2D eigenvalue weighted by Gasteiger charge is 2.51. The van der Waals surface area contributed by atoms with E-state index >= 15 is 0 Å². The van der Waals surface area contributed by atoms with Crippen molar-refractivity contribution in [1.29, 1.82) is 0 Å². The molecule has 1 heterocycles. The number of nitrogens with zero attached hydrogens (tertiary/aromatic N) is 2. The van der Waals surface area contributed by atoms with Crippen molar-refractivity contribution in [2.45, 2.75) is 44.7 Å². The lowest BCUT2D eigenvalue weighted by Gasteiger charge is -2.57. The van der Waals surface area contributed by atoms with Crippen LogP contribution >= 0.6 is 0 Å². The molecule has 4 fully saturated rings. The van der Waals surface area contributed by atoms with Gasteiger partial charge in [-0.25, -0.2) is 4.98 Å². The van der Waals surface area contributed by atoms with E-state index in [4.69, 9.17) is 0 Å². The summed E-state index contributed by atoms with van der Waals surface area (Å²) in [6.45, 7) is -0.638. The minimum absolute atomic E-state index is 0.132. The van der Waals surface area contributed by atoms with Crippen molar-refractivity contribution in [3.8, 4) is 5.88 Å². The Kier molecular flexibility index (Phi) is 4.59. The standard InChI is InChI=1S/C20H25F3N2O2/c1-25(11-19-7-13-4-14(8-19)6-15(5-13)9-19)18(26)16-2-3-17(24-10-16)27-12-20(21,22)23/h2-3,10,13-15H,4-9,11-12H2,1H3. The molecule has 4 saturated carbocycles. The van der Waals surface area contributed by atoms with Crippen molar-refractivity contribution >= 4 is 5.91 Å². The number of hydrogen-bond acceptors (Lipinski definition) is 3. The van der Waals surface area contributed by atoms with E-state index in [0.717, 1.165) is 24.3 Å². The number of rotatable bonds is 5. The maximum atomic E-state index is 12.8. The zero-order valence-corrected chi connectivity index (χ0v) is 15.5. The van der Waals surface area contributed by atoms with Gasteiger partial charge >= 0.3 is 6.18 Å². The molecule has 0 aromatic carbocycles. The summed E-state index contributed by atoms with van der Waals surface area (Å²) in [5, 5.41) is 0. The van der Waals surface area contributed by atoms with E-state index in [1.165, 1.54) is 56.9 Å². The second-order valence-electron chi connectivity index (χ2n) is 8.87. The van der Waals surface area contributed by atoms with Gasteiger partial charge in [-0.3, -0.25) is 4.79 Å². The average molecular weight is 382 g/mol. The highest BCUT2D eigenvalue weighted by Crippen LogP contribution is 2.60. The van der Waals surface area contributed by atoms with Gasteiger partial charge in [-0.15, -0.1) is 0 Å². The van der Waals surface area contributed by atoms with E-state index in [0.29, 0.717) is 5.56 Å². The van der Waals surface area contributed by atoms with Gasteiger partial charge in [-0.1, -0.05) is 0 Å². The van der Waals surface area contributed by atoms with Crippen LogP contribution in [0.5, 0.6) is 5.88 Å². The molecule has 1 amide bonds. The van der Waals surface area contributed by atoms with Crippen molar-refractivity contribution in [1.82, 2.24) is 9.88 Å². The van der Waals surface area contributed by atoms with Crippen LogP contribution < -0.4 is 4.74 Å². The Labute approximate surface area is 157 Å². The summed E-state index contributed by atoms with van der Waals surface area (Å²) in [6.07, 6.45) is 4.64. The topological polar surface area (TPSA) is 42.4 Å². The van der Waals surface area contributed by atoms with Crippen LogP contribution in [-0.2, 0) is 0 Å². The molecular formula is C20H25F3N2O2. The molecule has 27 heavy (non-hydrogen) atoms. The van der Waals surface area contributed by atoms with Crippen LogP contribution in [0, 0.1) is 23.2 Å². The number of hydrogen-bond donors (Lipinski definition) is 0. The summed E-state index contributed by atoms with van der Waals surface area (Å²) in [7, 11) is 1.81. The second-order valence-corrected chi connectivity index (χ2v) is 8.87. The Morgan fingerprint density at radius 3 is 2.26 bits per heavy atom. The molecule has 1 aromatic rings. The Morgan fingerprint density at radius 2 is 1.78 bits per heavy atom. The summed E-state index contributed by atoms with van der Waals surface area (Å²) in [4.78, 5) is 18.4. The van der Waals surface area contributed by atoms with Gasteiger partial charge in [0.1, 0.15) is 0 Å². The average Bonchev–Trinajstić information content (AvgIpc) is 2.57. The first-order valence-corrected chi connectivity index (χ1v) is 9.62. The number of aromatic nitrogens is 1. The van der Waals surface area contributed by atoms with Crippen LogP contribution in [0.15, 0.2) is 18.3 Å². The van der Waals surface area contributed by atoms with Gasteiger partial charge in [-0.2, -0.15) is 13.2 Å². The molecule has 0 saturated heterocycles. The van der Waals surface area contributed by atoms with Crippen LogP contribution in [0.1, 0.15) is 48.9 Å². The normalized spacial score (nSPS) is 31.8. The van der Waals surface area contributed by atoms with Crippen LogP contribution in [-0.4, -0.2) is 42.2 Å². The molecule has 0 spiro atoms. The minimum Gasteiger partial charge on any atom is -0.468 e. The molecule has 4 aliphatic rings. The number of halogens is 3. The molecule has 5 rings (SSSR count). The van der Waals surface area contributed by atoms with Gasteiger partial charge in [0.15, 0.2) is 6.61 Å². The fraction of sp³-hybridized carbons (Fsp3) is 0.700. The molecule has 0 N–H and O–H groups in total. The molecular weight excluding hydrogens is 357 g/mol. The molecule has 0 unspecified atom stereocenters. The second kappa shape index (κ2) is 6.67. The Hall–Kier alpha value is -1.79. The molecule has 7 heteroatoms. The zero-order chi connectivity index (χ0) is 19.2. The van der Waals surface area contributed by atoms with Gasteiger partial charge in [0, 0.05) is 25.9 Å². The highest BCUT2D eigenvalue weighted by atomic mass is 19.4. The van der Waals surface area contributed by atoms with E-state index in [2.05, 4.69) is 9.72 Å². The van der Waals surface area contributed by atoms with Gasteiger partial charge in [0.25, 0.3) is 5.91 Å². The lowest BCUT2D eigenvalue weighted by atomic mass is 9.49. The molecule has 1 aromatic heterocycles. The number of pyridine rings is 1. The van der Waals surface area contributed by atoms with Crippen molar-refractivity contribution < 1.29 is 22.7 Å². The van der Waals surface area contributed by atoms with Gasteiger partial charge in [0.05, 0.1) is 5.56 Å².